The summed E-state index contributed by atoms with van der Waals surface area (Å²) in [7, 11) is -2.56. The Bertz CT molecular complexity index is 797. The van der Waals surface area contributed by atoms with E-state index in [0.29, 0.717) is 15.6 Å². The van der Waals surface area contributed by atoms with Crippen molar-refractivity contribution in [2.24, 2.45) is 0 Å². The summed E-state index contributed by atoms with van der Waals surface area (Å²) in [4.78, 5) is -0.101. The van der Waals surface area contributed by atoms with Gasteiger partial charge >= 0.3 is 0 Å². The number of sulfonamides is 1. The average molecular weight is 364 g/mol. The fourth-order valence-electron chi connectivity index (χ4n) is 1.73. The summed E-state index contributed by atoms with van der Waals surface area (Å²) in [6.07, 6.45) is 0. The summed E-state index contributed by atoms with van der Waals surface area (Å²) in [5.74, 6) is -0.783. The quantitative estimate of drug-likeness (QED) is 0.882. The standard InChI is InChI=1S/C14H12Cl2FNO3S/c1-21-14-7-11(4-5-13(14)17)22(19,20)18-8-9-2-3-10(15)6-12(9)16/h2-7,18H,8H2,1H3. The molecular formula is C14H12Cl2FNO3S. The highest BCUT2D eigenvalue weighted by Crippen LogP contribution is 2.23. The van der Waals surface area contributed by atoms with E-state index in [4.69, 9.17) is 27.9 Å². The normalized spacial score (nSPS) is 11.5. The Morgan fingerprint density at radius 3 is 2.55 bits per heavy atom. The second-order valence-corrected chi connectivity index (χ2v) is 6.97. The molecule has 2 aromatic rings. The van der Waals surface area contributed by atoms with Crippen LogP contribution in [0.4, 0.5) is 4.39 Å². The first-order valence-corrected chi connectivity index (χ1v) is 8.34. The average Bonchev–Trinajstić information content (AvgIpc) is 2.46. The number of halogens is 3. The zero-order chi connectivity index (χ0) is 16.3. The highest BCUT2D eigenvalue weighted by Gasteiger charge is 2.17. The molecule has 0 bridgehead atoms. The molecule has 22 heavy (non-hydrogen) atoms. The highest BCUT2D eigenvalue weighted by molar-refractivity contribution is 7.89. The summed E-state index contributed by atoms with van der Waals surface area (Å²) in [5.41, 5.74) is 0.573. The molecule has 0 aliphatic heterocycles. The Morgan fingerprint density at radius 1 is 1.18 bits per heavy atom. The van der Waals surface area contributed by atoms with Crippen LogP contribution in [0.25, 0.3) is 0 Å². The number of benzene rings is 2. The van der Waals surface area contributed by atoms with E-state index < -0.39 is 15.8 Å². The number of nitrogens with one attached hydrogen (secondary N) is 1. The monoisotopic (exact) mass is 363 g/mol. The molecule has 8 heteroatoms. The molecule has 0 aliphatic carbocycles. The SMILES string of the molecule is COc1cc(S(=O)(=O)NCc2ccc(Cl)cc2Cl)ccc1F. The summed E-state index contributed by atoms with van der Waals surface area (Å²) in [5, 5.41) is 0.812. The molecular weight excluding hydrogens is 352 g/mol. The van der Waals surface area contributed by atoms with Crippen molar-refractivity contribution in [1.82, 2.24) is 4.72 Å². The summed E-state index contributed by atoms with van der Waals surface area (Å²) in [6.45, 7) is -0.0158. The predicted molar refractivity (Wildman–Crippen MR) is 83.4 cm³/mol. The Hall–Kier alpha value is -1.34. The molecule has 0 unspecified atom stereocenters. The van der Waals surface area contributed by atoms with Gasteiger partial charge in [-0.25, -0.2) is 17.5 Å². The first-order chi connectivity index (χ1) is 10.3. The van der Waals surface area contributed by atoms with E-state index in [9.17, 15) is 12.8 Å². The molecule has 0 spiro atoms. The minimum absolute atomic E-state index is 0.0158. The van der Waals surface area contributed by atoms with Crippen molar-refractivity contribution in [3.8, 4) is 5.75 Å². The Balaban J connectivity index is 2.21. The maximum Gasteiger partial charge on any atom is 0.241 e. The Morgan fingerprint density at radius 2 is 1.91 bits per heavy atom. The zero-order valence-corrected chi connectivity index (χ0v) is 13.8. The van der Waals surface area contributed by atoms with Gasteiger partial charge in [-0.1, -0.05) is 29.3 Å². The number of ether oxygens (including phenoxy) is 1. The van der Waals surface area contributed by atoms with Crippen molar-refractivity contribution in [3.63, 3.8) is 0 Å². The van der Waals surface area contributed by atoms with Crippen LogP contribution >= 0.6 is 23.2 Å². The van der Waals surface area contributed by atoms with Crippen molar-refractivity contribution in [3.05, 3.63) is 57.8 Å². The fraction of sp³-hybridized carbons (Fsp3) is 0.143. The fourth-order valence-corrected chi connectivity index (χ4v) is 3.23. The lowest BCUT2D eigenvalue weighted by atomic mass is 10.2. The van der Waals surface area contributed by atoms with E-state index in [2.05, 4.69) is 4.72 Å². The minimum atomic E-state index is -3.82. The van der Waals surface area contributed by atoms with E-state index in [1.807, 2.05) is 0 Å². The third-order valence-corrected chi connectivity index (χ3v) is 4.89. The van der Waals surface area contributed by atoms with Gasteiger partial charge in [-0.2, -0.15) is 0 Å². The lowest BCUT2D eigenvalue weighted by Gasteiger charge is -2.10. The third kappa shape index (κ3) is 3.89. The smallest absolute Gasteiger partial charge is 0.241 e. The van der Waals surface area contributed by atoms with Gasteiger partial charge in [0, 0.05) is 22.7 Å². The molecule has 2 aromatic carbocycles. The minimum Gasteiger partial charge on any atom is -0.494 e. The second-order valence-electron chi connectivity index (χ2n) is 4.36. The van der Waals surface area contributed by atoms with Crippen LogP contribution in [0.5, 0.6) is 5.75 Å². The molecule has 0 aliphatic rings. The number of hydrogen-bond acceptors (Lipinski definition) is 3. The first-order valence-electron chi connectivity index (χ1n) is 6.10. The van der Waals surface area contributed by atoms with E-state index in [0.717, 1.165) is 18.2 Å². The van der Waals surface area contributed by atoms with Crippen LogP contribution in [-0.4, -0.2) is 15.5 Å². The second kappa shape index (κ2) is 6.83. The molecule has 118 valence electrons. The topological polar surface area (TPSA) is 55.4 Å². The van der Waals surface area contributed by atoms with E-state index >= 15 is 0 Å². The van der Waals surface area contributed by atoms with Gasteiger partial charge in [0.25, 0.3) is 0 Å². The molecule has 0 saturated carbocycles. The summed E-state index contributed by atoms with van der Waals surface area (Å²) < 4.78 is 44.9. The van der Waals surface area contributed by atoms with Gasteiger partial charge in [-0.15, -0.1) is 0 Å². The van der Waals surface area contributed by atoms with Crippen LogP contribution < -0.4 is 9.46 Å². The largest absolute Gasteiger partial charge is 0.494 e. The molecule has 0 atom stereocenters. The highest BCUT2D eigenvalue weighted by atomic mass is 35.5. The molecule has 0 aromatic heterocycles. The molecule has 0 amide bonds. The molecule has 4 nitrogen and oxygen atoms in total. The van der Waals surface area contributed by atoms with Gasteiger partial charge in [-0.05, 0) is 29.8 Å². The maximum absolute atomic E-state index is 13.3. The summed E-state index contributed by atoms with van der Waals surface area (Å²) in [6, 6.07) is 8.05. The van der Waals surface area contributed by atoms with Crippen molar-refractivity contribution in [1.29, 1.82) is 0 Å². The number of rotatable bonds is 5. The van der Waals surface area contributed by atoms with Crippen LogP contribution in [0.1, 0.15) is 5.56 Å². The molecule has 0 saturated heterocycles. The van der Waals surface area contributed by atoms with Gasteiger partial charge in [0.1, 0.15) is 0 Å². The number of methoxy groups -OCH3 is 1. The predicted octanol–water partition coefficient (Wildman–Crippen LogP) is 3.62. The molecule has 0 fully saturated rings. The van der Waals surface area contributed by atoms with Crippen molar-refractivity contribution in [2.45, 2.75) is 11.4 Å². The molecule has 0 heterocycles. The van der Waals surface area contributed by atoms with Crippen molar-refractivity contribution < 1.29 is 17.5 Å². The van der Waals surface area contributed by atoms with Crippen LogP contribution in [-0.2, 0) is 16.6 Å². The summed E-state index contributed by atoms with van der Waals surface area (Å²) >= 11 is 11.8. The van der Waals surface area contributed by atoms with Crippen molar-refractivity contribution in [2.75, 3.05) is 7.11 Å². The van der Waals surface area contributed by atoms with Crippen LogP contribution in [0.2, 0.25) is 10.0 Å². The third-order valence-electron chi connectivity index (χ3n) is 2.90. The van der Waals surface area contributed by atoms with E-state index in [1.54, 1.807) is 12.1 Å². The first kappa shape index (κ1) is 17.0. The molecule has 1 N–H and O–H groups in total. The lowest BCUT2D eigenvalue weighted by molar-refractivity contribution is 0.385. The lowest BCUT2D eigenvalue weighted by Crippen LogP contribution is -2.23. The Kier molecular flexibility index (Phi) is 5.28. The van der Waals surface area contributed by atoms with Crippen LogP contribution in [0, 0.1) is 5.82 Å². The van der Waals surface area contributed by atoms with Crippen LogP contribution in [0.3, 0.4) is 0 Å². The maximum atomic E-state index is 13.3. The van der Waals surface area contributed by atoms with Gasteiger partial charge in [0.15, 0.2) is 11.6 Å². The molecule has 0 radical (unpaired) electrons. The Labute approximate surface area is 137 Å². The van der Waals surface area contributed by atoms with Gasteiger partial charge < -0.3 is 4.74 Å². The van der Waals surface area contributed by atoms with Gasteiger partial charge in [0.05, 0.1) is 12.0 Å². The van der Waals surface area contributed by atoms with Crippen molar-refractivity contribution >= 4 is 33.2 Å². The van der Waals surface area contributed by atoms with Gasteiger partial charge in [-0.3, -0.25) is 0 Å². The van der Waals surface area contributed by atoms with E-state index in [1.165, 1.54) is 13.2 Å². The van der Waals surface area contributed by atoms with Gasteiger partial charge in [0.2, 0.25) is 10.0 Å². The molecule has 2 rings (SSSR count). The zero-order valence-electron chi connectivity index (χ0n) is 11.4. The van der Waals surface area contributed by atoms with Crippen LogP contribution in [0.15, 0.2) is 41.3 Å². The number of hydrogen-bond donors (Lipinski definition) is 1. The van der Waals surface area contributed by atoms with E-state index in [-0.39, 0.29) is 17.2 Å².